The van der Waals surface area contributed by atoms with Crippen molar-refractivity contribution in [3.8, 4) is 5.75 Å². The summed E-state index contributed by atoms with van der Waals surface area (Å²) in [7, 11) is 3.12. The molecule has 25 heavy (non-hydrogen) atoms. The number of hydrogen-bond acceptors (Lipinski definition) is 5. The summed E-state index contributed by atoms with van der Waals surface area (Å²) in [5.74, 6) is 0.0558. The molecule has 2 aromatic rings. The van der Waals surface area contributed by atoms with Gasteiger partial charge in [0, 0.05) is 24.7 Å². The van der Waals surface area contributed by atoms with Crippen LogP contribution in [0.5, 0.6) is 5.75 Å². The number of benzene rings is 1. The minimum Gasteiger partial charge on any atom is -0.493 e. The molecule has 8 heteroatoms. The number of anilines is 1. The molecule has 1 aromatic carbocycles. The Morgan fingerprint density at radius 2 is 2.16 bits per heavy atom. The Morgan fingerprint density at radius 3 is 2.92 bits per heavy atom. The summed E-state index contributed by atoms with van der Waals surface area (Å²) in [5, 5.41) is 3.03. The van der Waals surface area contributed by atoms with E-state index in [1.165, 1.54) is 24.3 Å². The van der Waals surface area contributed by atoms with Gasteiger partial charge in [0.25, 0.3) is 5.91 Å². The molecule has 0 fully saturated rings. The molecule has 1 atom stereocenters. The fourth-order valence-corrected chi connectivity index (χ4v) is 2.90. The van der Waals surface area contributed by atoms with Gasteiger partial charge in [-0.2, -0.15) is 0 Å². The van der Waals surface area contributed by atoms with Gasteiger partial charge < -0.3 is 10.1 Å². The van der Waals surface area contributed by atoms with Gasteiger partial charge in [0.05, 0.1) is 24.9 Å². The van der Waals surface area contributed by atoms with E-state index in [1.807, 2.05) is 0 Å². The van der Waals surface area contributed by atoms with E-state index in [4.69, 9.17) is 16.3 Å². The van der Waals surface area contributed by atoms with Crippen LogP contribution in [-0.4, -0.2) is 42.5 Å². The summed E-state index contributed by atoms with van der Waals surface area (Å²) in [4.78, 5) is 34.3. The maximum atomic E-state index is 13.0. The van der Waals surface area contributed by atoms with Gasteiger partial charge in [-0.15, -0.1) is 0 Å². The van der Waals surface area contributed by atoms with Crippen molar-refractivity contribution in [2.45, 2.75) is 12.3 Å². The minimum absolute atomic E-state index is 0.148. The summed E-state index contributed by atoms with van der Waals surface area (Å²) >= 11 is 6.07. The first kappa shape index (κ1) is 17.2. The molecule has 0 bridgehead atoms. The van der Waals surface area contributed by atoms with Crippen LogP contribution >= 0.6 is 11.6 Å². The molecule has 3 rings (SSSR count). The van der Waals surface area contributed by atoms with Crippen LogP contribution in [0.2, 0.25) is 5.02 Å². The number of rotatable bonds is 3. The normalized spacial score (nSPS) is 15.7. The first-order valence-electron chi connectivity index (χ1n) is 7.75. The second-order valence-corrected chi connectivity index (χ2v) is 6.05. The van der Waals surface area contributed by atoms with Gasteiger partial charge in [-0.25, -0.2) is 4.98 Å². The predicted molar refractivity (Wildman–Crippen MR) is 93.1 cm³/mol. The summed E-state index contributed by atoms with van der Waals surface area (Å²) in [5.41, 5.74) is 0.904. The number of carbonyl (C=O) groups excluding carboxylic acids is 2. The summed E-state index contributed by atoms with van der Waals surface area (Å²) < 4.78 is 5.60. The van der Waals surface area contributed by atoms with Gasteiger partial charge >= 0.3 is 0 Å². The van der Waals surface area contributed by atoms with Crippen molar-refractivity contribution in [1.29, 1.82) is 0 Å². The Bertz CT molecular complexity index is 827. The molecule has 1 aromatic heterocycles. The number of fused-ring (bicyclic) bond motifs is 1. The van der Waals surface area contributed by atoms with Crippen LogP contribution in [0.3, 0.4) is 0 Å². The smallest absolute Gasteiger partial charge is 0.271 e. The average molecular weight is 361 g/mol. The molecule has 1 aliphatic heterocycles. The number of ether oxygens (including phenoxy) is 1. The first-order valence-corrected chi connectivity index (χ1v) is 8.13. The Kier molecular flexibility index (Phi) is 4.85. The number of nitrogens with zero attached hydrogens (tertiary/aromatic N) is 3. The highest BCUT2D eigenvalue weighted by atomic mass is 35.5. The van der Waals surface area contributed by atoms with Crippen LogP contribution in [0.25, 0.3) is 0 Å². The van der Waals surface area contributed by atoms with Crippen LogP contribution in [0.4, 0.5) is 5.82 Å². The highest BCUT2D eigenvalue weighted by molar-refractivity contribution is 6.30. The van der Waals surface area contributed by atoms with Crippen molar-refractivity contribution in [3.05, 3.63) is 46.9 Å². The number of carbonyl (C=O) groups is 2. The van der Waals surface area contributed by atoms with E-state index in [2.05, 4.69) is 15.3 Å². The van der Waals surface area contributed by atoms with E-state index >= 15 is 0 Å². The van der Waals surface area contributed by atoms with Crippen LogP contribution in [0.15, 0.2) is 30.6 Å². The Morgan fingerprint density at radius 1 is 1.36 bits per heavy atom. The SMILES string of the molecule is CNC(=O)c1cncc(N(C)C(=O)C2CCOc3ccc(Cl)cc32)n1. The number of nitrogens with one attached hydrogen (secondary N) is 1. The lowest BCUT2D eigenvalue weighted by molar-refractivity contribution is -0.120. The van der Waals surface area contributed by atoms with Crippen molar-refractivity contribution in [3.63, 3.8) is 0 Å². The van der Waals surface area contributed by atoms with Crippen molar-refractivity contribution >= 4 is 29.2 Å². The molecule has 0 radical (unpaired) electrons. The first-order chi connectivity index (χ1) is 12.0. The van der Waals surface area contributed by atoms with Gasteiger partial charge in [0.2, 0.25) is 5.91 Å². The topological polar surface area (TPSA) is 84.4 Å². The number of aromatic nitrogens is 2. The maximum Gasteiger partial charge on any atom is 0.271 e. The van der Waals surface area contributed by atoms with Crippen molar-refractivity contribution in [2.24, 2.45) is 0 Å². The second kappa shape index (κ2) is 7.06. The van der Waals surface area contributed by atoms with Crippen molar-refractivity contribution in [2.75, 3.05) is 25.6 Å². The molecular formula is C17H17ClN4O3. The van der Waals surface area contributed by atoms with Gasteiger partial charge in [-0.05, 0) is 24.6 Å². The third kappa shape index (κ3) is 3.41. The number of hydrogen-bond donors (Lipinski definition) is 1. The lowest BCUT2D eigenvalue weighted by Crippen LogP contribution is -2.35. The monoisotopic (exact) mass is 360 g/mol. The third-order valence-electron chi connectivity index (χ3n) is 4.07. The lowest BCUT2D eigenvalue weighted by Gasteiger charge is -2.28. The Hall–Kier alpha value is -2.67. The van der Waals surface area contributed by atoms with Gasteiger partial charge in [-0.3, -0.25) is 19.5 Å². The van der Waals surface area contributed by atoms with Gasteiger partial charge in [0.15, 0.2) is 5.82 Å². The van der Waals surface area contributed by atoms with Gasteiger partial charge in [-0.1, -0.05) is 11.6 Å². The predicted octanol–water partition coefficient (Wildman–Crippen LogP) is 2.02. The van der Waals surface area contributed by atoms with Crippen LogP contribution < -0.4 is 15.0 Å². The summed E-state index contributed by atoms with van der Waals surface area (Å²) in [6, 6.07) is 5.25. The second-order valence-electron chi connectivity index (χ2n) is 5.61. The molecule has 1 aliphatic rings. The van der Waals surface area contributed by atoms with E-state index in [0.29, 0.717) is 29.6 Å². The standard InChI is InChI=1S/C17H17ClN4O3/c1-19-16(23)13-8-20-9-15(21-13)22(2)17(24)11-5-6-25-14-4-3-10(18)7-12(11)14/h3-4,7-9,11H,5-6H2,1-2H3,(H,19,23). The number of halogens is 1. The molecule has 2 heterocycles. The van der Waals surface area contributed by atoms with Gasteiger partial charge in [0.1, 0.15) is 11.4 Å². The summed E-state index contributed by atoms with van der Waals surface area (Å²) in [6.07, 6.45) is 3.34. The average Bonchev–Trinajstić information content (AvgIpc) is 2.65. The zero-order valence-corrected chi connectivity index (χ0v) is 14.6. The Labute approximate surface area is 150 Å². The molecule has 0 spiro atoms. The molecule has 7 nitrogen and oxygen atoms in total. The van der Waals surface area contributed by atoms with E-state index in [0.717, 1.165) is 5.56 Å². The largest absolute Gasteiger partial charge is 0.493 e. The van der Waals surface area contributed by atoms with Crippen molar-refractivity contribution in [1.82, 2.24) is 15.3 Å². The highest BCUT2D eigenvalue weighted by Gasteiger charge is 2.31. The zero-order chi connectivity index (χ0) is 18.0. The van der Waals surface area contributed by atoms with E-state index < -0.39 is 5.92 Å². The minimum atomic E-state index is -0.391. The maximum absolute atomic E-state index is 13.0. The third-order valence-corrected chi connectivity index (χ3v) is 4.30. The highest BCUT2D eigenvalue weighted by Crippen LogP contribution is 2.36. The molecule has 1 unspecified atom stereocenters. The lowest BCUT2D eigenvalue weighted by atomic mass is 9.92. The zero-order valence-electron chi connectivity index (χ0n) is 13.8. The number of likely N-dealkylation sites (N-methyl/N-ethyl adjacent to an activating group) is 1. The van der Waals surface area contributed by atoms with E-state index in [-0.39, 0.29) is 17.5 Å². The van der Waals surface area contributed by atoms with Crippen LogP contribution in [-0.2, 0) is 4.79 Å². The molecule has 1 N–H and O–H groups in total. The Balaban J connectivity index is 1.89. The molecule has 130 valence electrons. The van der Waals surface area contributed by atoms with E-state index in [1.54, 1.807) is 25.2 Å². The van der Waals surface area contributed by atoms with E-state index in [9.17, 15) is 9.59 Å². The molecule has 0 saturated heterocycles. The van der Waals surface area contributed by atoms with Crippen LogP contribution in [0, 0.1) is 0 Å². The molecule has 2 amide bonds. The fourth-order valence-electron chi connectivity index (χ4n) is 2.72. The quantitative estimate of drug-likeness (QED) is 0.905. The van der Waals surface area contributed by atoms with Crippen molar-refractivity contribution < 1.29 is 14.3 Å². The van der Waals surface area contributed by atoms with Crippen LogP contribution in [0.1, 0.15) is 28.4 Å². The molecule has 0 aliphatic carbocycles. The molecular weight excluding hydrogens is 344 g/mol. The molecule has 0 saturated carbocycles. The fraction of sp³-hybridized carbons (Fsp3) is 0.294. The number of amides is 2. The summed E-state index contributed by atoms with van der Waals surface area (Å²) in [6.45, 7) is 0.447.